The van der Waals surface area contributed by atoms with E-state index < -0.39 is 0 Å². The fourth-order valence-corrected chi connectivity index (χ4v) is 4.55. The van der Waals surface area contributed by atoms with Gasteiger partial charge in [0, 0.05) is 24.7 Å². The van der Waals surface area contributed by atoms with E-state index in [0.717, 1.165) is 36.4 Å². The summed E-state index contributed by atoms with van der Waals surface area (Å²) in [5, 5.41) is 7.81. The van der Waals surface area contributed by atoms with E-state index in [4.69, 9.17) is 0 Å². The molecule has 1 fully saturated rings. The van der Waals surface area contributed by atoms with E-state index in [0.29, 0.717) is 12.2 Å². The van der Waals surface area contributed by atoms with Gasteiger partial charge in [0.05, 0.1) is 18.6 Å². The van der Waals surface area contributed by atoms with Gasteiger partial charge in [-0.2, -0.15) is 0 Å². The van der Waals surface area contributed by atoms with Crippen LogP contribution in [0.4, 0.5) is 0 Å². The molecule has 2 aromatic rings. The van der Waals surface area contributed by atoms with Gasteiger partial charge < -0.3 is 15.2 Å². The van der Waals surface area contributed by atoms with E-state index in [1.807, 2.05) is 48.2 Å². The van der Waals surface area contributed by atoms with Gasteiger partial charge >= 0.3 is 0 Å². The number of rotatable bonds is 6. The highest BCUT2D eigenvalue weighted by atomic mass is 32.1. The summed E-state index contributed by atoms with van der Waals surface area (Å²) in [6.45, 7) is 3.29. The van der Waals surface area contributed by atoms with Gasteiger partial charge in [-0.05, 0) is 49.9 Å². The Labute approximate surface area is 164 Å². The minimum Gasteiger partial charge on any atom is -0.354 e. The van der Waals surface area contributed by atoms with E-state index in [9.17, 15) is 9.59 Å². The van der Waals surface area contributed by atoms with Crippen molar-refractivity contribution in [2.24, 2.45) is 7.05 Å². The fraction of sp³-hybridized carbons (Fsp3) is 0.500. The van der Waals surface area contributed by atoms with Crippen LogP contribution in [0.25, 0.3) is 0 Å². The highest BCUT2D eigenvalue weighted by Gasteiger charge is 2.29. The van der Waals surface area contributed by atoms with Gasteiger partial charge in [-0.1, -0.05) is 12.5 Å². The van der Waals surface area contributed by atoms with Crippen molar-refractivity contribution in [3.63, 3.8) is 0 Å². The molecule has 0 bridgehead atoms. The number of carbonyl (C=O) groups is 2. The number of hydrogen-bond donors (Lipinski definition) is 2. The number of amides is 2. The van der Waals surface area contributed by atoms with Crippen LogP contribution < -0.4 is 10.6 Å². The van der Waals surface area contributed by atoms with Crippen LogP contribution in [0.3, 0.4) is 0 Å². The molecule has 146 valence electrons. The molecule has 7 heteroatoms. The SMILES string of the molecule is CNC(=O)c1ccc(C2CCCCN2CC(=O)NC(C)c2cccs2)n1C. The Morgan fingerprint density at radius 2 is 2.11 bits per heavy atom. The summed E-state index contributed by atoms with van der Waals surface area (Å²) in [5.74, 6) is -0.0443. The third kappa shape index (κ3) is 4.42. The summed E-state index contributed by atoms with van der Waals surface area (Å²) in [6.07, 6.45) is 3.23. The van der Waals surface area contributed by atoms with Crippen LogP contribution in [0.15, 0.2) is 29.6 Å². The number of nitrogens with one attached hydrogen (secondary N) is 2. The maximum atomic E-state index is 12.6. The second-order valence-electron chi connectivity index (χ2n) is 7.07. The van der Waals surface area contributed by atoms with Gasteiger partial charge in [-0.3, -0.25) is 14.5 Å². The van der Waals surface area contributed by atoms with Crippen LogP contribution >= 0.6 is 11.3 Å². The molecule has 1 saturated heterocycles. The van der Waals surface area contributed by atoms with E-state index in [1.165, 1.54) is 0 Å². The maximum absolute atomic E-state index is 12.6. The van der Waals surface area contributed by atoms with Crippen LogP contribution in [0.1, 0.15) is 59.3 Å². The summed E-state index contributed by atoms with van der Waals surface area (Å²) in [7, 11) is 3.56. The van der Waals surface area contributed by atoms with Crippen molar-refractivity contribution < 1.29 is 9.59 Å². The van der Waals surface area contributed by atoms with E-state index in [-0.39, 0.29) is 23.9 Å². The molecule has 2 unspecified atom stereocenters. The first-order chi connectivity index (χ1) is 13.0. The number of likely N-dealkylation sites (tertiary alicyclic amines) is 1. The van der Waals surface area contributed by atoms with Gasteiger partial charge in [-0.25, -0.2) is 0 Å². The predicted octanol–water partition coefficient (Wildman–Crippen LogP) is 2.85. The number of aromatic nitrogens is 1. The molecule has 3 heterocycles. The first-order valence-electron chi connectivity index (χ1n) is 9.45. The Hall–Kier alpha value is -2.12. The molecule has 0 saturated carbocycles. The topological polar surface area (TPSA) is 66.4 Å². The molecule has 3 rings (SSSR count). The van der Waals surface area contributed by atoms with Gasteiger partial charge in [0.25, 0.3) is 5.91 Å². The van der Waals surface area contributed by atoms with E-state index in [2.05, 4.69) is 15.5 Å². The van der Waals surface area contributed by atoms with Crippen LogP contribution in [0.5, 0.6) is 0 Å². The summed E-state index contributed by atoms with van der Waals surface area (Å²) >= 11 is 1.66. The minimum absolute atomic E-state index is 0.0237. The van der Waals surface area contributed by atoms with Crippen LogP contribution in [-0.2, 0) is 11.8 Å². The zero-order valence-electron chi connectivity index (χ0n) is 16.2. The molecule has 2 N–H and O–H groups in total. The first-order valence-corrected chi connectivity index (χ1v) is 10.3. The second-order valence-corrected chi connectivity index (χ2v) is 8.05. The standard InChI is InChI=1S/C20H28N4O2S/c1-14(18-8-6-12-27-18)22-19(25)13-24-11-5-4-7-16(24)15-9-10-17(23(15)3)20(26)21-2/h6,8-10,12,14,16H,4-5,7,11,13H2,1-3H3,(H,21,26)(H,22,25). The lowest BCUT2D eigenvalue weighted by molar-refractivity contribution is -0.123. The Kier molecular flexibility index (Phi) is 6.34. The van der Waals surface area contributed by atoms with Crippen molar-refractivity contribution >= 4 is 23.2 Å². The quantitative estimate of drug-likeness (QED) is 0.800. The van der Waals surface area contributed by atoms with Gasteiger partial charge in [0.2, 0.25) is 5.91 Å². The van der Waals surface area contributed by atoms with Gasteiger partial charge in [-0.15, -0.1) is 11.3 Å². The average molecular weight is 389 g/mol. The molecule has 0 aliphatic carbocycles. The Balaban J connectivity index is 1.69. The van der Waals surface area contributed by atoms with E-state index in [1.54, 1.807) is 18.4 Å². The van der Waals surface area contributed by atoms with Gasteiger partial charge in [0.15, 0.2) is 0 Å². The van der Waals surface area contributed by atoms with Crippen molar-refractivity contribution in [2.75, 3.05) is 20.1 Å². The molecule has 2 aromatic heterocycles. The lowest BCUT2D eigenvalue weighted by Gasteiger charge is -2.35. The van der Waals surface area contributed by atoms with E-state index >= 15 is 0 Å². The molecule has 1 aliphatic rings. The summed E-state index contributed by atoms with van der Waals surface area (Å²) in [4.78, 5) is 28.0. The lowest BCUT2D eigenvalue weighted by atomic mass is 9.99. The summed E-state index contributed by atoms with van der Waals surface area (Å²) in [5.41, 5.74) is 1.74. The fourth-order valence-electron chi connectivity index (χ4n) is 3.81. The second kappa shape index (κ2) is 8.71. The summed E-state index contributed by atoms with van der Waals surface area (Å²) < 4.78 is 1.95. The number of piperidine rings is 1. The highest BCUT2D eigenvalue weighted by molar-refractivity contribution is 7.10. The summed E-state index contributed by atoms with van der Waals surface area (Å²) in [6, 6.07) is 8.10. The van der Waals surface area contributed by atoms with Crippen LogP contribution in [0, 0.1) is 0 Å². The zero-order chi connectivity index (χ0) is 19.4. The third-order valence-corrected chi connectivity index (χ3v) is 6.32. The Morgan fingerprint density at radius 1 is 1.30 bits per heavy atom. The van der Waals surface area contributed by atoms with Crippen LogP contribution in [-0.4, -0.2) is 41.4 Å². The molecule has 1 aliphatic heterocycles. The smallest absolute Gasteiger partial charge is 0.267 e. The number of carbonyl (C=O) groups excluding carboxylic acids is 2. The van der Waals surface area contributed by atoms with Crippen molar-refractivity contribution in [3.8, 4) is 0 Å². The molecule has 2 amide bonds. The highest BCUT2D eigenvalue weighted by Crippen LogP contribution is 2.31. The van der Waals surface area contributed by atoms with Crippen molar-refractivity contribution in [1.82, 2.24) is 20.1 Å². The maximum Gasteiger partial charge on any atom is 0.267 e. The molecule has 0 radical (unpaired) electrons. The minimum atomic E-state index is -0.0892. The molecule has 0 aromatic carbocycles. The molecular weight excluding hydrogens is 360 g/mol. The molecule has 27 heavy (non-hydrogen) atoms. The number of nitrogens with zero attached hydrogens (tertiary/aromatic N) is 2. The van der Waals surface area contributed by atoms with Crippen LogP contribution in [0.2, 0.25) is 0 Å². The first kappa shape index (κ1) is 19.6. The number of hydrogen-bond acceptors (Lipinski definition) is 4. The largest absolute Gasteiger partial charge is 0.354 e. The van der Waals surface area contributed by atoms with Crippen molar-refractivity contribution in [3.05, 3.63) is 45.9 Å². The lowest BCUT2D eigenvalue weighted by Crippen LogP contribution is -2.42. The normalized spacial score (nSPS) is 18.9. The van der Waals surface area contributed by atoms with Crippen molar-refractivity contribution in [1.29, 1.82) is 0 Å². The zero-order valence-corrected chi connectivity index (χ0v) is 17.0. The predicted molar refractivity (Wildman–Crippen MR) is 108 cm³/mol. The van der Waals surface area contributed by atoms with Gasteiger partial charge in [0.1, 0.15) is 5.69 Å². The third-order valence-electron chi connectivity index (χ3n) is 5.27. The Morgan fingerprint density at radius 3 is 2.81 bits per heavy atom. The number of thiophene rings is 1. The molecule has 2 atom stereocenters. The molecular formula is C20H28N4O2S. The monoisotopic (exact) mass is 388 g/mol. The molecule has 6 nitrogen and oxygen atoms in total. The van der Waals surface area contributed by atoms with Crippen molar-refractivity contribution in [2.45, 2.75) is 38.3 Å². The average Bonchev–Trinajstić information content (AvgIpc) is 3.31. The Bertz CT molecular complexity index is 784. The molecule has 0 spiro atoms.